The topological polar surface area (TPSA) is 87.9 Å². The molecule has 1 aromatic heterocycles. The highest BCUT2D eigenvalue weighted by Gasteiger charge is 2.31. The molecule has 1 aliphatic rings. The molecule has 214 valence electrons. The molecule has 1 amide bonds. The molecule has 0 bridgehead atoms. The summed E-state index contributed by atoms with van der Waals surface area (Å²) in [4.78, 5) is 28.3. The van der Waals surface area contributed by atoms with Crippen molar-refractivity contribution in [2.24, 2.45) is 0 Å². The number of fused-ring (bicyclic) bond motifs is 1. The van der Waals surface area contributed by atoms with Crippen LogP contribution in [-0.2, 0) is 10.0 Å². The van der Waals surface area contributed by atoms with Crippen molar-refractivity contribution in [3.8, 4) is 11.3 Å². The fourth-order valence-electron chi connectivity index (χ4n) is 5.48. The normalized spacial score (nSPS) is 15.7. The number of carbonyl (C=O) groups excluding carboxylic acids is 2. The minimum Gasteiger partial charge on any atom is -0.455 e. The van der Waals surface area contributed by atoms with Gasteiger partial charge < -0.3 is 9.32 Å². The summed E-state index contributed by atoms with van der Waals surface area (Å²) in [5.41, 5.74) is 4.29. The zero-order chi connectivity index (χ0) is 29.5. The molecule has 2 heterocycles. The summed E-state index contributed by atoms with van der Waals surface area (Å²) >= 11 is 0. The Balaban J connectivity index is 1.65. The second kappa shape index (κ2) is 11.1. The smallest absolute Gasteiger partial charge is 0.253 e. The SMILES string of the molecule is CCC(=O)c1c(-c2ccc(C)cc2)oc2cc(N(C)S(C)(=O)=O)c([C@H]3CCCN(C(=O)c4ccc(F)cc4)C3)cc12. The van der Waals surface area contributed by atoms with Crippen LogP contribution in [0.25, 0.3) is 22.3 Å². The number of amides is 1. The summed E-state index contributed by atoms with van der Waals surface area (Å²) in [6.07, 6.45) is 2.84. The van der Waals surface area contributed by atoms with E-state index in [9.17, 15) is 22.4 Å². The molecule has 0 aliphatic carbocycles. The summed E-state index contributed by atoms with van der Waals surface area (Å²) in [6, 6.07) is 16.7. The second-order valence-electron chi connectivity index (χ2n) is 10.7. The largest absolute Gasteiger partial charge is 0.455 e. The first kappa shape index (κ1) is 28.5. The Morgan fingerprint density at radius 2 is 1.76 bits per heavy atom. The fraction of sp³-hybridized carbons (Fsp3) is 0.312. The van der Waals surface area contributed by atoms with Crippen LogP contribution in [0.1, 0.15) is 63.9 Å². The van der Waals surface area contributed by atoms with Crippen molar-refractivity contribution in [3.63, 3.8) is 0 Å². The van der Waals surface area contributed by atoms with Gasteiger partial charge in [0.2, 0.25) is 10.0 Å². The van der Waals surface area contributed by atoms with Gasteiger partial charge in [0.05, 0.1) is 17.5 Å². The van der Waals surface area contributed by atoms with Gasteiger partial charge in [-0.15, -0.1) is 0 Å². The summed E-state index contributed by atoms with van der Waals surface area (Å²) in [5.74, 6) is -0.443. The average Bonchev–Trinajstić information content (AvgIpc) is 3.34. The van der Waals surface area contributed by atoms with Gasteiger partial charge >= 0.3 is 0 Å². The Bertz CT molecular complexity index is 1730. The van der Waals surface area contributed by atoms with Crippen LogP contribution in [0.2, 0.25) is 0 Å². The van der Waals surface area contributed by atoms with E-state index >= 15 is 0 Å². The van der Waals surface area contributed by atoms with Gasteiger partial charge in [-0.3, -0.25) is 13.9 Å². The Labute approximate surface area is 239 Å². The monoisotopic (exact) mass is 576 g/mol. The Hall–Kier alpha value is -3.98. The van der Waals surface area contributed by atoms with Crippen molar-refractivity contribution < 1.29 is 26.8 Å². The summed E-state index contributed by atoms with van der Waals surface area (Å²) in [6.45, 7) is 4.67. The van der Waals surface area contributed by atoms with Gasteiger partial charge in [-0.1, -0.05) is 36.8 Å². The van der Waals surface area contributed by atoms with E-state index in [0.717, 1.165) is 29.4 Å². The minimum absolute atomic E-state index is 0.0775. The number of halogens is 1. The van der Waals surface area contributed by atoms with Crippen LogP contribution in [0.3, 0.4) is 0 Å². The molecule has 0 spiro atoms. The molecule has 1 fully saturated rings. The van der Waals surface area contributed by atoms with Crippen molar-refractivity contribution in [3.05, 3.63) is 88.7 Å². The zero-order valence-corrected chi connectivity index (χ0v) is 24.4. The first-order valence-electron chi connectivity index (χ1n) is 13.7. The lowest BCUT2D eigenvalue weighted by molar-refractivity contribution is 0.0707. The third kappa shape index (κ3) is 5.63. The molecule has 3 aromatic carbocycles. The predicted octanol–water partition coefficient (Wildman–Crippen LogP) is 6.56. The lowest BCUT2D eigenvalue weighted by Crippen LogP contribution is -2.39. The maximum atomic E-state index is 13.5. The number of nitrogens with zero attached hydrogens (tertiary/aromatic N) is 2. The molecular weight excluding hydrogens is 543 g/mol. The molecular formula is C32H33FN2O5S. The molecule has 0 radical (unpaired) electrons. The standard InChI is InChI=1S/C32H33FN2O5S/c1-5-28(36)30-26-17-25(23-7-6-16-35(19-23)32(37)22-12-14-24(33)15-13-22)27(34(3)41(4,38)39)18-29(26)40-31(30)21-10-8-20(2)9-11-21/h8-15,17-18,23H,5-7,16,19H2,1-4H3/t23-/m0/s1. The molecule has 0 N–H and O–H groups in total. The maximum absolute atomic E-state index is 13.5. The molecule has 1 aliphatic heterocycles. The van der Waals surface area contributed by atoms with E-state index in [1.807, 2.05) is 37.3 Å². The number of hydrogen-bond donors (Lipinski definition) is 0. The number of carbonyl (C=O) groups is 2. The van der Waals surface area contributed by atoms with Crippen molar-refractivity contribution in [1.82, 2.24) is 4.90 Å². The Morgan fingerprint density at radius 3 is 2.39 bits per heavy atom. The molecule has 1 atom stereocenters. The number of piperidine rings is 1. The highest BCUT2D eigenvalue weighted by molar-refractivity contribution is 7.92. The van der Waals surface area contributed by atoms with Gasteiger partial charge in [0.1, 0.15) is 17.2 Å². The van der Waals surface area contributed by atoms with Gasteiger partial charge in [0.15, 0.2) is 5.78 Å². The molecule has 9 heteroatoms. The number of anilines is 1. The van der Waals surface area contributed by atoms with Crippen molar-refractivity contribution in [2.45, 2.75) is 39.0 Å². The third-order valence-electron chi connectivity index (χ3n) is 7.83. The number of rotatable bonds is 7. The number of hydrogen-bond acceptors (Lipinski definition) is 5. The van der Waals surface area contributed by atoms with E-state index < -0.39 is 15.8 Å². The molecule has 4 aromatic rings. The van der Waals surface area contributed by atoms with Gasteiger partial charge in [0, 0.05) is 55.1 Å². The number of ketones is 1. The van der Waals surface area contributed by atoms with Gasteiger partial charge in [0.25, 0.3) is 5.91 Å². The van der Waals surface area contributed by atoms with Crippen LogP contribution in [-0.4, -0.2) is 51.4 Å². The van der Waals surface area contributed by atoms with E-state index in [-0.39, 0.29) is 24.0 Å². The number of furan rings is 1. The summed E-state index contributed by atoms with van der Waals surface area (Å²) in [7, 11) is -2.14. The molecule has 7 nitrogen and oxygen atoms in total. The van der Waals surface area contributed by atoms with E-state index in [4.69, 9.17) is 4.42 Å². The molecule has 41 heavy (non-hydrogen) atoms. The quantitative estimate of drug-likeness (QED) is 0.233. The van der Waals surface area contributed by atoms with Gasteiger partial charge in [-0.05, 0) is 55.7 Å². The predicted molar refractivity (Wildman–Crippen MR) is 159 cm³/mol. The molecule has 1 saturated heterocycles. The number of aryl methyl sites for hydroxylation is 1. The van der Waals surface area contributed by atoms with E-state index in [1.165, 1.54) is 35.6 Å². The van der Waals surface area contributed by atoms with Crippen LogP contribution < -0.4 is 4.31 Å². The molecule has 0 unspecified atom stereocenters. The van der Waals surface area contributed by atoms with Crippen LogP contribution >= 0.6 is 0 Å². The maximum Gasteiger partial charge on any atom is 0.253 e. The molecule has 5 rings (SSSR count). The van der Waals surface area contributed by atoms with E-state index in [0.29, 0.717) is 53.1 Å². The number of sulfonamides is 1. The lowest BCUT2D eigenvalue weighted by atomic mass is 9.87. The fourth-order valence-corrected chi connectivity index (χ4v) is 6.00. The Morgan fingerprint density at radius 1 is 1.07 bits per heavy atom. The van der Waals surface area contributed by atoms with E-state index in [1.54, 1.807) is 17.9 Å². The third-order valence-corrected chi connectivity index (χ3v) is 9.02. The van der Waals surface area contributed by atoms with Crippen molar-refractivity contribution >= 4 is 38.4 Å². The van der Waals surface area contributed by atoms with Crippen LogP contribution in [0.4, 0.5) is 10.1 Å². The van der Waals surface area contributed by atoms with Gasteiger partial charge in [-0.25, -0.2) is 12.8 Å². The molecule has 0 saturated carbocycles. The average molecular weight is 577 g/mol. The van der Waals surface area contributed by atoms with Crippen LogP contribution in [0.5, 0.6) is 0 Å². The first-order chi connectivity index (χ1) is 19.5. The number of Topliss-reactive ketones (excluding diaryl/α,β-unsaturated/α-hetero) is 1. The highest BCUT2D eigenvalue weighted by Crippen LogP contribution is 2.42. The lowest BCUT2D eigenvalue weighted by Gasteiger charge is -2.35. The van der Waals surface area contributed by atoms with Crippen molar-refractivity contribution in [1.29, 1.82) is 0 Å². The number of benzene rings is 3. The summed E-state index contributed by atoms with van der Waals surface area (Å²) < 4.78 is 46.4. The second-order valence-corrected chi connectivity index (χ2v) is 12.7. The van der Waals surface area contributed by atoms with Crippen LogP contribution in [0.15, 0.2) is 65.1 Å². The van der Waals surface area contributed by atoms with Crippen molar-refractivity contribution in [2.75, 3.05) is 30.7 Å². The zero-order valence-electron chi connectivity index (χ0n) is 23.6. The van der Waals surface area contributed by atoms with Gasteiger partial charge in [-0.2, -0.15) is 0 Å². The number of likely N-dealkylation sites (tertiary alicyclic amines) is 1. The summed E-state index contributed by atoms with van der Waals surface area (Å²) in [5, 5.41) is 0.620. The van der Waals surface area contributed by atoms with E-state index in [2.05, 4.69) is 0 Å². The first-order valence-corrected chi connectivity index (χ1v) is 15.5. The highest BCUT2D eigenvalue weighted by atomic mass is 32.2. The minimum atomic E-state index is -3.64. The van der Waals surface area contributed by atoms with Crippen LogP contribution in [0, 0.1) is 12.7 Å². The Kier molecular flexibility index (Phi) is 7.74.